The quantitative estimate of drug-likeness (QED) is 0.353. The number of hydrogen-bond donors (Lipinski definition) is 4. The van der Waals surface area contributed by atoms with Gasteiger partial charge in [0.15, 0.2) is 15.1 Å². The van der Waals surface area contributed by atoms with E-state index >= 15 is 0 Å². The van der Waals surface area contributed by atoms with Crippen LogP contribution in [0.4, 0.5) is 5.69 Å². The van der Waals surface area contributed by atoms with E-state index in [4.69, 9.17) is 10.8 Å². The van der Waals surface area contributed by atoms with Crippen molar-refractivity contribution in [1.82, 2.24) is 0 Å². The van der Waals surface area contributed by atoms with Crippen molar-refractivity contribution in [3.05, 3.63) is 18.2 Å². The lowest BCUT2D eigenvalue weighted by Gasteiger charge is -2.11. The van der Waals surface area contributed by atoms with E-state index in [1.807, 2.05) is 0 Å². The van der Waals surface area contributed by atoms with Gasteiger partial charge in [0, 0.05) is 11.8 Å². The Kier molecular flexibility index (Phi) is 3.89. The standard InChI is InChI=1S/C9H11NO5S2/c10-6-2-1-5(3-7(6)11)17(14,15)8(4-16)9(12)13/h1-3,8,11,16H,4,10H2,(H,12,13). The first kappa shape index (κ1) is 13.7. The van der Waals surface area contributed by atoms with E-state index < -0.39 is 26.8 Å². The zero-order valence-electron chi connectivity index (χ0n) is 8.57. The summed E-state index contributed by atoms with van der Waals surface area (Å²) in [6, 6.07) is 3.26. The first-order chi connectivity index (χ1) is 7.80. The number of aliphatic carboxylic acids is 1. The number of hydrogen-bond acceptors (Lipinski definition) is 6. The van der Waals surface area contributed by atoms with Crippen molar-refractivity contribution in [2.45, 2.75) is 10.1 Å². The van der Waals surface area contributed by atoms with Crippen molar-refractivity contribution in [3.8, 4) is 5.75 Å². The van der Waals surface area contributed by atoms with Gasteiger partial charge in [-0.2, -0.15) is 12.6 Å². The summed E-state index contributed by atoms with van der Waals surface area (Å²) in [7, 11) is -4.08. The number of benzene rings is 1. The number of nitrogen functional groups attached to an aromatic ring is 1. The molecule has 94 valence electrons. The average molecular weight is 277 g/mol. The first-order valence-corrected chi connectivity index (χ1v) is 6.64. The monoisotopic (exact) mass is 277 g/mol. The Morgan fingerprint density at radius 2 is 2.06 bits per heavy atom. The highest BCUT2D eigenvalue weighted by molar-refractivity contribution is 7.94. The summed E-state index contributed by atoms with van der Waals surface area (Å²) in [5.41, 5.74) is 5.34. The molecule has 1 rings (SSSR count). The maximum absolute atomic E-state index is 11.9. The lowest BCUT2D eigenvalue weighted by molar-refractivity contribution is -0.136. The van der Waals surface area contributed by atoms with Crippen LogP contribution in [-0.2, 0) is 14.6 Å². The Balaban J connectivity index is 3.30. The highest BCUT2D eigenvalue weighted by Crippen LogP contribution is 2.26. The number of thiol groups is 1. The number of rotatable bonds is 4. The fraction of sp³-hybridized carbons (Fsp3) is 0.222. The second-order valence-electron chi connectivity index (χ2n) is 3.28. The van der Waals surface area contributed by atoms with Crippen molar-refractivity contribution < 1.29 is 23.4 Å². The van der Waals surface area contributed by atoms with Crippen LogP contribution in [0.15, 0.2) is 23.1 Å². The van der Waals surface area contributed by atoms with Gasteiger partial charge in [0.1, 0.15) is 5.75 Å². The van der Waals surface area contributed by atoms with E-state index in [0.29, 0.717) is 0 Å². The molecule has 8 heteroatoms. The number of carboxylic acid groups (broad SMARTS) is 1. The van der Waals surface area contributed by atoms with Crippen LogP contribution in [0.5, 0.6) is 5.75 Å². The summed E-state index contributed by atoms with van der Waals surface area (Å²) in [5, 5.41) is 16.4. The van der Waals surface area contributed by atoms with Crippen LogP contribution in [-0.4, -0.2) is 35.6 Å². The molecule has 17 heavy (non-hydrogen) atoms. The maximum Gasteiger partial charge on any atom is 0.323 e. The molecule has 0 fully saturated rings. The van der Waals surface area contributed by atoms with Gasteiger partial charge in [-0.25, -0.2) is 8.42 Å². The molecule has 0 heterocycles. The summed E-state index contributed by atoms with van der Waals surface area (Å²) < 4.78 is 23.8. The third-order valence-corrected chi connectivity index (χ3v) is 4.79. The van der Waals surface area contributed by atoms with Gasteiger partial charge in [0.25, 0.3) is 0 Å². The molecule has 6 nitrogen and oxygen atoms in total. The number of carboxylic acids is 1. The minimum Gasteiger partial charge on any atom is -0.506 e. The highest BCUT2D eigenvalue weighted by Gasteiger charge is 2.33. The van der Waals surface area contributed by atoms with Crippen molar-refractivity contribution in [2.75, 3.05) is 11.5 Å². The molecule has 0 saturated heterocycles. The van der Waals surface area contributed by atoms with Gasteiger partial charge in [-0.15, -0.1) is 0 Å². The molecule has 1 atom stereocenters. The van der Waals surface area contributed by atoms with Gasteiger partial charge < -0.3 is 15.9 Å². The van der Waals surface area contributed by atoms with Crippen LogP contribution in [0.3, 0.4) is 0 Å². The molecule has 0 radical (unpaired) electrons. The predicted octanol–water partition coefficient (Wildman–Crippen LogP) is 0.131. The molecule has 0 aliphatic carbocycles. The van der Waals surface area contributed by atoms with E-state index in [2.05, 4.69) is 12.6 Å². The third-order valence-electron chi connectivity index (χ3n) is 2.15. The molecule has 0 aliphatic rings. The number of phenols is 1. The fourth-order valence-corrected chi connectivity index (χ4v) is 3.24. The van der Waals surface area contributed by atoms with Gasteiger partial charge in [-0.3, -0.25) is 4.79 Å². The number of anilines is 1. The Bertz CT molecular complexity index is 540. The smallest absolute Gasteiger partial charge is 0.323 e. The van der Waals surface area contributed by atoms with Crippen LogP contribution in [0.2, 0.25) is 0 Å². The molecule has 0 bridgehead atoms. The largest absolute Gasteiger partial charge is 0.506 e. The summed E-state index contributed by atoms with van der Waals surface area (Å²) in [5.74, 6) is -2.26. The lowest BCUT2D eigenvalue weighted by atomic mass is 10.3. The Morgan fingerprint density at radius 3 is 2.47 bits per heavy atom. The van der Waals surface area contributed by atoms with Gasteiger partial charge in [-0.05, 0) is 12.1 Å². The van der Waals surface area contributed by atoms with E-state index in [0.717, 1.165) is 12.1 Å². The molecular weight excluding hydrogens is 266 g/mol. The SMILES string of the molecule is Nc1ccc(S(=O)(=O)C(CS)C(=O)O)cc1O. The Labute approximate surface area is 103 Å². The second-order valence-corrected chi connectivity index (χ2v) is 5.77. The zero-order valence-corrected chi connectivity index (χ0v) is 10.3. The molecule has 1 aromatic carbocycles. The summed E-state index contributed by atoms with van der Waals surface area (Å²) >= 11 is 3.70. The number of nitrogens with two attached hydrogens (primary N) is 1. The molecule has 0 amide bonds. The molecule has 0 saturated carbocycles. The molecule has 1 unspecified atom stereocenters. The van der Waals surface area contributed by atoms with Gasteiger partial charge >= 0.3 is 5.97 Å². The minimum absolute atomic E-state index is 0.0155. The molecule has 0 aliphatic heterocycles. The molecule has 1 aromatic rings. The lowest BCUT2D eigenvalue weighted by Crippen LogP contribution is -2.31. The van der Waals surface area contributed by atoms with E-state index in [1.54, 1.807) is 0 Å². The Morgan fingerprint density at radius 1 is 1.47 bits per heavy atom. The van der Waals surface area contributed by atoms with E-state index in [9.17, 15) is 18.3 Å². The van der Waals surface area contributed by atoms with Crippen LogP contribution >= 0.6 is 12.6 Å². The van der Waals surface area contributed by atoms with Crippen molar-refractivity contribution in [2.24, 2.45) is 0 Å². The molecular formula is C9H11NO5S2. The van der Waals surface area contributed by atoms with Crippen molar-refractivity contribution in [1.29, 1.82) is 0 Å². The number of aromatic hydroxyl groups is 1. The summed E-state index contributed by atoms with van der Waals surface area (Å²) in [4.78, 5) is 10.5. The molecule has 0 aromatic heterocycles. The fourth-order valence-electron chi connectivity index (χ4n) is 1.17. The normalized spacial score (nSPS) is 13.2. The van der Waals surface area contributed by atoms with E-state index in [1.165, 1.54) is 6.07 Å². The van der Waals surface area contributed by atoms with Crippen LogP contribution in [0, 0.1) is 0 Å². The average Bonchev–Trinajstić information content (AvgIpc) is 2.21. The first-order valence-electron chi connectivity index (χ1n) is 4.46. The van der Waals surface area contributed by atoms with Gasteiger partial charge in [-0.1, -0.05) is 0 Å². The van der Waals surface area contributed by atoms with Crippen LogP contribution < -0.4 is 5.73 Å². The number of phenolic OH excluding ortho intramolecular Hbond substituents is 1. The molecule has 4 N–H and O–H groups in total. The topological polar surface area (TPSA) is 118 Å². The zero-order chi connectivity index (χ0) is 13.2. The summed E-state index contributed by atoms with van der Waals surface area (Å²) in [6.45, 7) is 0. The molecule has 0 spiro atoms. The van der Waals surface area contributed by atoms with E-state index in [-0.39, 0.29) is 16.3 Å². The minimum atomic E-state index is -4.08. The third kappa shape index (κ3) is 2.64. The highest BCUT2D eigenvalue weighted by atomic mass is 32.2. The van der Waals surface area contributed by atoms with Crippen LogP contribution in [0.25, 0.3) is 0 Å². The van der Waals surface area contributed by atoms with Crippen molar-refractivity contribution in [3.63, 3.8) is 0 Å². The second kappa shape index (κ2) is 4.84. The number of carbonyl (C=O) groups is 1. The predicted molar refractivity (Wildman–Crippen MR) is 65.0 cm³/mol. The van der Waals surface area contributed by atoms with Crippen LogP contribution in [0.1, 0.15) is 0 Å². The van der Waals surface area contributed by atoms with Gasteiger partial charge in [0.05, 0.1) is 10.6 Å². The maximum atomic E-state index is 11.9. The van der Waals surface area contributed by atoms with Gasteiger partial charge in [0.2, 0.25) is 0 Å². The number of sulfone groups is 1. The Hall–Kier alpha value is -1.41. The van der Waals surface area contributed by atoms with Crippen molar-refractivity contribution >= 4 is 34.1 Å². The summed E-state index contributed by atoms with van der Waals surface area (Å²) in [6.07, 6.45) is 0.